The monoisotopic (exact) mass is 431 g/mol. The fourth-order valence-corrected chi connectivity index (χ4v) is 4.11. The molecule has 0 bridgehead atoms. The van der Waals surface area contributed by atoms with Crippen molar-refractivity contribution < 1.29 is 14.7 Å². The van der Waals surface area contributed by atoms with E-state index in [4.69, 9.17) is 0 Å². The molecule has 2 N–H and O–H groups in total. The van der Waals surface area contributed by atoms with Crippen molar-refractivity contribution in [3.05, 3.63) is 71.4 Å². The third kappa shape index (κ3) is 4.65. The van der Waals surface area contributed by atoms with E-state index in [0.29, 0.717) is 29.9 Å². The van der Waals surface area contributed by atoms with Crippen LogP contribution in [0.5, 0.6) is 0 Å². The molecule has 2 aromatic carbocycles. The summed E-state index contributed by atoms with van der Waals surface area (Å²) >= 11 is 0. The van der Waals surface area contributed by atoms with Crippen molar-refractivity contribution in [3.8, 4) is 0 Å². The number of carbonyl (C=O) groups is 2. The lowest BCUT2D eigenvalue weighted by Crippen LogP contribution is -2.39. The first-order valence-electron chi connectivity index (χ1n) is 11.2. The van der Waals surface area contributed by atoms with Crippen molar-refractivity contribution in [2.75, 3.05) is 25.0 Å². The van der Waals surface area contributed by atoms with E-state index < -0.39 is 0 Å². The standard InChI is InChI=1S/C26H29N3O3/c1-17(2)24-15-22(21-8-3-4-9-23(21)28-24)25(31)27-20-7-5-6-19(14-20)26(32)29-12-10-18(16-30)11-13-29/h3-9,14-15,17-18,30H,10-13,16H2,1-2H3,(H,27,31). The van der Waals surface area contributed by atoms with E-state index in [0.717, 1.165) is 29.4 Å². The smallest absolute Gasteiger partial charge is 0.256 e. The van der Waals surface area contributed by atoms with Crippen LogP contribution in [0.3, 0.4) is 0 Å². The van der Waals surface area contributed by atoms with Crippen molar-refractivity contribution >= 4 is 28.4 Å². The molecule has 1 fully saturated rings. The number of rotatable bonds is 5. The molecule has 2 heterocycles. The summed E-state index contributed by atoms with van der Waals surface area (Å²) < 4.78 is 0. The second-order valence-electron chi connectivity index (χ2n) is 8.72. The summed E-state index contributed by atoms with van der Waals surface area (Å²) in [7, 11) is 0. The van der Waals surface area contributed by atoms with Gasteiger partial charge >= 0.3 is 0 Å². The Bertz CT molecular complexity index is 1130. The van der Waals surface area contributed by atoms with Crippen molar-refractivity contribution in [2.45, 2.75) is 32.6 Å². The molecule has 2 amide bonds. The number of pyridine rings is 1. The molecule has 6 nitrogen and oxygen atoms in total. The van der Waals surface area contributed by atoms with Gasteiger partial charge in [-0.25, -0.2) is 0 Å². The highest BCUT2D eigenvalue weighted by molar-refractivity contribution is 6.12. The zero-order valence-corrected chi connectivity index (χ0v) is 18.5. The minimum atomic E-state index is -0.223. The van der Waals surface area contributed by atoms with Crippen LogP contribution >= 0.6 is 0 Å². The first-order chi connectivity index (χ1) is 15.5. The average Bonchev–Trinajstić information content (AvgIpc) is 2.83. The first-order valence-corrected chi connectivity index (χ1v) is 11.2. The van der Waals surface area contributed by atoms with Gasteiger partial charge in [-0.3, -0.25) is 14.6 Å². The molecule has 0 saturated carbocycles. The highest BCUT2D eigenvalue weighted by atomic mass is 16.3. The predicted molar refractivity (Wildman–Crippen MR) is 126 cm³/mol. The molecule has 1 saturated heterocycles. The Morgan fingerprint density at radius 2 is 1.84 bits per heavy atom. The molecule has 4 rings (SSSR count). The van der Waals surface area contributed by atoms with E-state index in [1.165, 1.54) is 0 Å². The van der Waals surface area contributed by atoms with E-state index in [-0.39, 0.29) is 30.3 Å². The summed E-state index contributed by atoms with van der Waals surface area (Å²) in [5.41, 5.74) is 3.36. The van der Waals surface area contributed by atoms with Gasteiger partial charge in [0.1, 0.15) is 0 Å². The third-order valence-electron chi connectivity index (χ3n) is 6.10. The van der Waals surface area contributed by atoms with Crippen LogP contribution in [0.25, 0.3) is 10.9 Å². The van der Waals surface area contributed by atoms with E-state index in [2.05, 4.69) is 24.1 Å². The number of fused-ring (bicyclic) bond motifs is 1. The van der Waals surface area contributed by atoms with Crippen LogP contribution in [0.4, 0.5) is 5.69 Å². The van der Waals surface area contributed by atoms with Crippen LogP contribution in [0.1, 0.15) is 59.0 Å². The Labute approximate surface area is 188 Å². The molecule has 1 aromatic heterocycles. The van der Waals surface area contributed by atoms with Gasteiger partial charge in [-0.1, -0.05) is 38.1 Å². The van der Waals surface area contributed by atoms with Crippen LogP contribution < -0.4 is 5.32 Å². The van der Waals surface area contributed by atoms with Crippen LogP contribution in [0.15, 0.2) is 54.6 Å². The quantitative estimate of drug-likeness (QED) is 0.625. The summed E-state index contributed by atoms with van der Waals surface area (Å²) in [5, 5.41) is 13.1. The lowest BCUT2D eigenvalue weighted by atomic mass is 9.97. The van der Waals surface area contributed by atoms with Crippen LogP contribution in [-0.2, 0) is 0 Å². The average molecular weight is 432 g/mol. The van der Waals surface area contributed by atoms with Gasteiger partial charge in [0.05, 0.1) is 11.1 Å². The van der Waals surface area contributed by atoms with Gasteiger partial charge in [0.15, 0.2) is 0 Å². The largest absolute Gasteiger partial charge is 0.396 e. The number of aliphatic hydroxyl groups is 1. The minimum Gasteiger partial charge on any atom is -0.396 e. The first kappa shape index (κ1) is 22.0. The maximum absolute atomic E-state index is 13.2. The molecule has 6 heteroatoms. The molecule has 3 aromatic rings. The Morgan fingerprint density at radius 1 is 1.09 bits per heavy atom. The van der Waals surface area contributed by atoms with Gasteiger partial charge in [0.25, 0.3) is 11.8 Å². The number of hydrogen-bond acceptors (Lipinski definition) is 4. The summed E-state index contributed by atoms with van der Waals surface area (Å²) in [6.07, 6.45) is 1.62. The summed E-state index contributed by atoms with van der Waals surface area (Å²) in [6.45, 7) is 5.56. The maximum atomic E-state index is 13.2. The van der Waals surface area contributed by atoms with Gasteiger partial charge in [-0.05, 0) is 55.0 Å². The summed E-state index contributed by atoms with van der Waals surface area (Å²) in [5.74, 6) is 0.200. The van der Waals surface area contributed by atoms with E-state index in [9.17, 15) is 14.7 Å². The SMILES string of the molecule is CC(C)c1cc(C(=O)Nc2cccc(C(=O)N3CCC(CO)CC3)c2)c2ccccc2n1. The zero-order valence-electron chi connectivity index (χ0n) is 18.5. The molecule has 0 aliphatic carbocycles. The molecule has 0 spiro atoms. The maximum Gasteiger partial charge on any atom is 0.256 e. The molecule has 0 radical (unpaired) electrons. The lowest BCUT2D eigenvalue weighted by molar-refractivity contribution is 0.0650. The van der Waals surface area contributed by atoms with E-state index in [1.807, 2.05) is 35.2 Å². The number of aliphatic hydroxyl groups excluding tert-OH is 1. The number of piperidine rings is 1. The fraction of sp³-hybridized carbons (Fsp3) is 0.346. The number of aromatic nitrogens is 1. The fourth-order valence-electron chi connectivity index (χ4n) is 4.11. The van der Waals surface area contributed by atoms with Gasteiger partial charge in [0, 0.05) is 42.0 Å². The van der Waals surface area contributed by atoms with Gasteiger partial charge < -0.3 is 15.3 Å². The normalized spacial score (nSPS) is 14.7. The Kier molecular flexibility index (Phi) is 6.51. The number of amides is 2. The number of benzene rings is 2. The van der Waals surface area contributed by atoms with Crippen molar-refractivity contribution in [1.82, 2.24) is 9.88 Å². The number of para-hydroxylation sites is 1. The third-order valence-corrected chi connectivity index (χ3v) is 6.10. The number of likely N-dealkylation sites (tertiary alicyclic amines) is 1. The molecule has 1 aliphatic rings. The summed E-state index contributed by atoms with van der Waals surface area (Å²) in [6, 6.07) is 16.6. The number of carbonyl (C=O) groups excluding carboxylic acids is 2. The number of hydrogen-bond donors (Lipinski definition) is 2. The van der Waals surface area contributed by atoms with Crippen molar-refractivity contribution in [1.29, 1.82) is 0 Å². The number of nitrogens with zero attached hydrogens (tertiary/aromatic N) is 2. The second-order valence-corrected chi connectivity index (χ2v) is 8.72. The topological polar surface area (TPSA) is 82.5 Å². The number of anilines is 1. The van der Waals surface area contributed by atoms with Gasteiger partial charge in [0.2, 0.25) is 0 Å². The Morgan fingerprint density at radius 3 is 2.56 bits per heavy atom. The predicted octanol–water partition coefficient (Wildman–Crippen LogP) is 4.46. The summed E-state index contributed by atoms with van der Waals surface area (Å²) in [4.78, 5) is 32.6. The van der Waals surface area contributed by atoms with Crippen LogP contribution in [-0.4, -0.2) is 46.5 Å². The molecule has 166 valence electrons. The van der Waals surface area contributed by atoms with Crippen LogP contribution in [0, 0.1) is 5.92 Å². The molecule has 1 aliphatic heterocycles. The van der Waals surface area contributed by atoms with Crippen molar-refractivity contribution in [2.24, 2.45) is 5.92 Å². The molecule has 32 heavy (non-hydrogen) atoms. The Hall–Kier alpha value is -3.25. The second kappa shape index (κ2) is 9.49. The highest BCUT2D eigenvalue weighted by Crippen LogP contribution is 2.24. The van der Waals surface area contributed by atoms with E-state index in [1.54, 1.807) is 24.3 Å². The molecule has 0 unspecified atom stereocenters. The minimum absolute atomic E-state index is 0.0473. The molecule has 0 atom stereocenters. The zero-order chi connectivity index (χ0) is 22.7. The van der Waals surface area contributed by atoms with Crippen LogP contribution in [0.2, 0.25) is 0 Å². The van der Waals surface area contributed by atoms with Gasteiger partial charge in [-0.15, -0.1) is 0 Å². The number of nitrogens with one attached hydrogen (secondary N) is 1. The highest BCUT2D eigenvalue weighted by Gasteiger charge is 2.23. The lowest BCUT2D eigenvalue weighted by Gasteiger charge is -2.31. The van der Waals surface area contributed by atoms with Crippen molar-refractivity contribution in [3.63, 3.8) is 0 Å². The van der Waals surface area contributed by atoms with E-state index >= 15 is 0 Å². The van der Waals surface area contributed by atoms with Gasteiger partial charge in [-0.2, -0.15) is 0 Å². The molecular weight excluding hydrogens is 402 g/mol. The Balaban J connectivity index is 1.55. The molecular formula is C26H29N3O3.